The van der Waals surface area contributed by atoms with Crippen LogP contribution in [0, 0.1) is 5.92 Å². The van der Waals surface area contributed by atoms with Crippen molar-refractivity contribution in [2.24, 2.45) is 5.92 Å². The Hall–Kier alpha value is -1.89. The number of carbonyl (C=O) groups excluding carboxylic acids is 1. The topological polar surface area (TPSA) is 75.4 Å². The zero-order valence-corrected chi connectivity index (χ0v) is 11.4. The third kappa shape index (κ3) is 1.66. The average molecular weight is 293 g/mol. The highest BCUT2D eigenvalue weighted by Gasteiger charge is 2.41. The predicted octanol–water partition coefficient (Wildman–Crippen LogP) is 0.492. The Morgan fingerprint density at radius 1 is 1.45 bits per heavy atom. The molecule has 1 amide bonds. The molecule has 2 atom stereocenters. The Morgan fingerprint density at radius 2 is 2.35 bits per heavy atom. The number of carbonyl (C=O) groups is 1. The maximum absolute atomic E-state index is 11.9. The molecule has 0 spiro atoms. The molecule has 2 unspecified atom stereocenters. The van der Waals surface area contributed by atoms with E-state index in [-0.39, 0.29) is 17.9 Å². The van der Waals surface area contributed by atoms with Crippen molar-refractivity contribution in [1.82, 2.24) is 24.9 Å². The van der Waals surface area contributed by atoms with Gasteiger partial charge in [0, 0.05) is 19.2 Å². The quantitative estimate of drug-likeness (QED) is 0.774. The molecule has 4 heterocycles. The van der Waals surface area contributed by atoms with Crippen molar-refractivity contribution in [2.45, 2.75) is 18.9 Å². The molecule has 0 bridgehead atoms. The Balaban J connectivity index is 1.82. The molecule has 8 heteroatoms. The summed E-state index contributed by atoms with van der Waals surface area (Å²) in [6, 6.07) is 1.94. The van der Waals surface area contributed by atoms with E-state index in [4.69, 9.17) is 11.6 Å². The van der Waals surface area contributed by atoms with Crippen molar-refractivity contribution in [3.63, 3.8) is 0 Å². The Labute approximate surface area is 119 Å². The summed E-state index contributed by atoms with van der Waals surface area (Å²) in [5, 5.41) is 7.54. The number of nitrogens with one attached hydrogen (secondary N) is 1. The van der Waals surface area contributed by atoms with Gasteiger partial charge in [0.2, 0.25) is 5.91 Å². The fourth-order valence-corrected chi connectivity index (χ4v) is 3.38. The zero-order valence-electron chi connectivity index (χ0n) is 10.7. The minimum atomic E-state index is 0.0502. The summed E-state index contributed by atoms with van der Waals surface area (Å²) < 4.78 is 1.68. The van der Waals surface area contributed by atoms with Gasteiger partial charge in [-0.15, -0.1) is 0 Å². The van der Waals surface area contributed by atoms with Crippen LogP contribution in [0.15, 0.2) is 12.4 Å². The predicted molar refractivity (Wildman–Crippen MR) is 72.7 cm³/mol. The summed E-state index contributed by atoms with van der Waals surface area (Å²) >= 11 is 6.07. The van der Waals surface area contributed by atoms with Gasteiger partial charge in [0.15, 0.2) is 0 Å². The zero-order chi connectivity index (χ0) is 13.7. The van der Waals surface area contributed by atoms with E-state index >= 15 is 0 Å². The van der Waals surface area contributed by atoms with Crippen LogP contribution in [-0.2, 0) is 4.79 Å². The van der Waals surface area contributed by atoms with E-state index in [1.54, 1.807) is 10.6 Å². The van der Waals surface area contributed by atoms with Crippen molar-refractivity contribution >= 4 is 29.1 Å². The largest absolute Gasteiger partial charge is 0.354 e. The van der Waals surface area contributed by atoms with Gasteiger partial charge in [-0.2, -0.15) is 19.6 Å². The highest BCUT2D eigenvalue weighted by Crippen LogP contribution is 2.32. The lowest BCUT2D eigenvalue weighted by molar-refractivity contribution is -0.123. The van der Waals surface area contributed by atoms with Crippen molar-refractivity contribution in [3.8, 4) is 0 Å². The van der Waals surface area contributed by atoms with Crippen LogP contribution in [0.5, 0.6) is 0 Å². The number of hydrogen-bond donors (Lipinski definition) is 1. The summed E-state index contributed by atoms with van der Waals surface area (Å²) in [6.45, 7) is 1.55. The van der Waals surface area contributed by atoms with Gasteiger partial charge in [-0.25, -0.2) is 0 Å². The van der Waals surface area contributed by atoms with E-state index in [0.29, 0.717) is 17.5 Å². The molecule has 0 saturated carbocycles. The van der Waals surface area contributed by atoms with Crippen LogP contribution in [0.3, 0.4) is 0 Å². The minimum absolute atomic E-state index is 0.0502. The summed E-state index contributed by atoms with van der Waals surface area (Å²) in [7, 11) is 0. The molecule has 2 saturated heterocycles. The van der Waals surface area contributed by atoms with Crippen molar-refractivity contribution < 1.29 is 4.79 Å². The number of nitrogens with zero attached hydrogens (tertiary/aromatic N) is 5. The van der Waals surface area contributed by atoms with Crippen molar-refractivity contribution in [1.29, 1.82) is 0 Å². The highest BCUT2D eigenvalue weighted by molar-refractivity contribution is 6.29. The lowest BCUT2D eigenvalue weighted by Gasteiger charge is -2.37. The monoisotopic (exact) mass is 292 g/mol. The molecule has 0 aliphatic carbocycles. The second kappa shape index (κ2) is 4.31. The van der Waals surface area contributed by atoms with E-state index < -0.39 is 0 Å². The van der Waals surface area contributed by atoms with Crippen molar-refractivity contribution in [3.05, 3.63) is 17.5 Å². The van der Waals surface area contributed by atoms with E-state index in [9.17, 15) is 4.79 Å². The second-order valence-corrected chi connectivity index (χ2v) is 5.55. The first-order valence-electron chi connectivity index (χ1n) is 6.64. The molecule has 104 valence electrons. The molecule has 4 rings (SSSR count). The summed E-state index contributed by atoms with van der Waals surface area (Å²) in [5.41, 5.74) is 0. The van der Waals surface area contributed by atoms with Gasteiger partial charge in [-0.1, -0.05) is 11.6 Å². The van der Waals surface area contributed by atoms with Gasteiger partial charge in [-0.05, 0) is 12.8 Å². The van der Waals surface area contributed by atoms with Gasteiger partial charge < -0.3 is 10.2 Å². The Morgan fingerprint density at radius 3 is 3.25 bits per heavy atom. The van der Waals surface area contributed by atoms with Gasteiger partial charge in [0.05, 0.1) is 12.0 Å². The van der Waals surface area contributed by atoms with Crippen LogP contribution in [0.4, 0.5) is 5.82 Å². The molecular weight excluding hydrogens is 280 g/mol. The number of hydrogen-bond acceptors (Lipinski definition) is 5. The third-order valence-electron chi connectivity index (χ3n) is 4.10. The number of halogens is 1. The molecule has 0 radical (unpaired) electrons. The summed E-state index contributed by atoms with van der Waals surface area (Å²) in [6.07, 6.45) is 3.37. The maximum atomic E-state index is 11.9. The van der Waals surface area contributed by atoms with Crippen LogP contribution >= 0.6 is 11.6 Å². The van der Waals surface area contributed by atoms with Gasteiger partial charge in [0.1, 0.15) is 17.3 Å². The number of rotatable bonds is 1. The maximum Gasteiger partial charge on any atom is 0.255 e. The SMILES string of the molecule is O=C1NCC2C1CCCN2c1cc(Cl)nc2ncnn12. The molecular formula is C12H13ClN6O. The van der Waals surface area contributed by atoms with E-state index in [1.807, 2.05) is 0 Å². The number of fused-ring (bicyclic) bond motifs is 2. The van der Waals surface area contributed by atoms with E-state index in [1.165, 1.54) is 6.33 Å². The first-order valence-corrected chi connectivity index (χ1v) is 7.02. The molecule has 2 aliphatic rings. The fourth-order valence-electron chi connectivity index (χ4n) is 3.21. The van der Waals surface area contributed by atoms with Crippen LogP contribution < -0.4 is 10.2 Å². The molecule has 2 aromatic rings. The van der Waals surface area contributed by atoms with Crippen LogP contribution in [0.1, 0.15) is 12.8 Å². The van der Waals surface area contributed by atoms with Gasteiger partial charge >= 0.3 is 0 Å². The summed E-state index contributed by atoms with van der Waals surface area (Å²) in [5.74, 6) is 1.53. The lowest BCUT2D eigenvalue weighted by atomic mass is 9.91. The van der Waals surface area contributed by atoms with E-state index in [2.05, 4.69) is 25.3 Å². The molecule has 0 aromatic carbocycles. The Kier molecular flexibility index (Phi) is 2.56. The van der Waals surface area contributed by atoms with Crippen molar-refractivity contribution in [2.75, 3.05) is 18.0 Å². The standard InChI is InChI=1S/C12H13ClN6O/c13-9-4-10(19-12(17-9)15-6-16-19)18-3-1-2-7-8(18)5-14-11(7)20/h4,6-8H,1-3,5H2,(H,14,20). The lowest BCUT2D eigenvalue weighted by Crippen LogP contribution is -2.46. The van der Waals surface area contributed by atoms with E-state index in [0.717, 1.165) is 25.2 Å². The molecule has 2 aromatic heterocycles. The van der Waals surface area contributed by atoms with Crippen LogP contribution in [0.25, 0.3) is 5.78 Å². The number of piperidine rings is 1. The number of amides is 1. The number of anilines is 1. The molecule has 1 N–H and O–H groups in total. The Bertz CT molecular complexity index is 686. The summed E-state index contributed by atoms with van der Waals surface area (Å²) in [4.78, 5) is 22.3. The molecule has 7 nitrogen and oxygen atoms in total. The normalized spacial score (nSPS) is 25.9. The van der Waals surface area contributed by atoms with Crippen LogP contribution in [-0.4, -0.2) is 44.6 Å². The van der Waals surface area contributed by atoms with Crippen LogP contribution in [0.2, 0.25) is 5.15 Å². The molecule has 2 fully saturated rings. The third-order valence-corrected chi connectivity index (χ3v) is 4.29. The average Bonchev–Trinajstić information content (AvgIpc) is 3.05. The first-order chi connectivity index (χ1) is 9.74. The second-order valence-electron chi connectivity index (χ2n) is 5.16. The van der Waals surface area contributed by atoms with Gasteiger partial charge in [0.25, 0.3) is 5.78 Å². The smallest absolute Gasteiger partial charge is 0.255 e. The molecule has 20 heavy (non-hydrogen) atoms. The fraction of sp³-hybridized carbons (Fsp3) is 0.500. The first kappa shape index (κ1) is 11.9. The minimum Gasteiger partial charge on any atom is -0.354 e. The number of aromatic nitrogens is 4. The highest BCUT2D eigenvalue weighted by atomic mass is 35.5. The van der Waals surface area contributed by atoms with Gasteiger partial charge in [-0.3, -0.25) is 4.79 Å². The molecule has 2 aliphatic heterocycles.